The van der Waals surface area contributed by atoms with Crippen molar-refractivity contribution < 1.29 is 4.79 Å². The third-order valence-corrected chi connectivity index (χ3v) is 3.86. The van der Waals surface area contributed by atoms with Gasteiger partial charge >= 0.3 is 6.03 Å². The van der Waals surface area contributed by atoms with Crippen molar-refractivity contribution in [2.24, 2.45) is 0 Å². The van der Waals surface area contributed by atoms with Crippen LogP contribution in [-0.4, -0.2) is 30.1 Å². The topological polar surface area (TPSA) is 89.8 Å². The summed E-state index contributed by atoms with van der Waals surface area (Å²) in [5.74, 6) is 0.531. The quantitative estimate of drug-likeness (QED) is 0.680. The molecule has 2 amide bonds. The van der Waals surface area contributed by atoms with Gasteiger partial charge in [-0.2, -0.15) is 16.6 Å². The molecule has 6 nitrogen and oxygen atoms in total. The maximum atomic E-state index is 11.8. The normalized spacial score (nSPS) is 11.3. The van der Waals surface area contributed by atoms with Gasteiger partial charge in [-0.25, -0.2) is 9.78 Å². The smallest absolute Gasteiger partial charge is 0.315 e. The Kier molecular flexibility index (Phi) is 6.39. The third kappa shape index (κ3) is 5.60. The van der Waals surface area contributed by atoms with Crippen molar-refractivity contribution in [1.82, 2.24) is 15.6 Å². The number of aromatic nitrogens is 1. The number of hydrogen-bond acceptors (Lipinski definition) is 5. The van der Waals surface area contributed by atoms with Gasteiger partial charge in [0, 0.05) is 25.3 Å². The Labute approximate surface area is 139 Å². The Morgan fingerprint density at radius 1 is 1.43 bits per heavy atom. The largest absolute Gasteiger partial charge is 0.367 e. The van der Waals surface area contributed by atoms with Crippen LogP contribution in [0.2, 0.25) is 0 Å². The Balaban J connectivity index is 1.66. The predicted octanol–water partition coefficient (Wildman–Crippen LogP) is 2.36. The van der Waals surface area contributed by atoms with Crippen molar-refractivity contribution in [3.63, 3.8) is 0 Å². The highest BCUT2D eigenvalue weighted by molar-refractivity contribution is 7.07. The van der Waals surface area contributed by atoms with E-state index in [-0.39, 0.29) is 12.1 Å². The SMILES string of the molecule is CC(Cc1ccsc1)NC(=O)NCCNc1ncccc1C#N. The molecule has 0 bridgehead atoms. The molecule has 23 heavy (non-hydrogen) atoms. The Morgan fingerprint density at radius 3 is 3.04 bits per heavy atom. The molecule has 2 aromatic rings. The van der Waals surface area contributed by atoms with Crippen LogP contribution in [0.1, 0.15) is 18.1 Å². The highest BCUT2D eigenvalue weighted by atomic mass is 32.1. The molecule has 2 aromatic heterocycles. The van der Waals surface area contributed by atoms with Crippen LogP contribution in [0.5, 0.6) is 0 Å². The zero-order valence-electron chi connectivity index (χ0n) is 12.9. The van der Waals surface area contributed by atoms with Crippen LogP contribution in [0, 0.1) is 11.3 Å². The van der Waals surface area contributed by atoms with Crippen molar-refractivity contribution in [2.45, 2.75) is 19.4 Å². The predicted molar refractivity (Wildman–Crippen MR) is 91.5 cm³/mol. The lowest BCUT2D eigenvalue weighted by atomic mass is 10.1. The molecular weight excluding hydrogens is 310 g/mol. The summed E-state index contributed by atoms with van der Waals surface area (Å²) >= 11 is 1.65. The van der Waals surface area contributed by atoms with Crippen LogP contribution < -0.4 is 16.0 Å². The first-order chi connectivity index (χ1) is 11.2. The highest BCUT2D eigenvalue weighted by Crippen LogP contribution is 2.09. The van der Waals surface area contributed by atoms with Crippen LogP contribution in [0.4, 0.5) is 10.6 Å². The Morgan fingerprint density at radius 2 is 2.30 bits per heavy atom. The van der Waals surface area contributed by atoms with Crippen LogP contribution in [0.3, 0.4) is 0 Å². The number of hydrogen-bond donors (Lipinski definition) is 3. The number of urea groups is 1. The monoisotopic (exact) mass is 329 g/mol. The van der Waals surface area contributed by atoms with Crippen LogP contribution in [0.15, 0.2) is 35.2 Å². The van der Waals surface area contributed by atoms with Crippen molar-refractivity contribution in [3.8, 4) is 6.07 Å². The van der Waals surface area contributed by atoms with Crippen molar-refractivity contribution in [2.75, 3.05) is 18.4 Å². The van der Waals surface area contributed by atoms with Crippen LogP contribution in [-0.2, 0) is 6.42 Å². The van der Waals surface area contributed by atoms with Crippen molar-refractivity contribution in [3.05, 3.63) is 46.3 Å². The average molecular weight is 329 g/mol. The first-order valence-electron chi connectivity index (χ1n) is 7.33. The van der Waals surface area contributed by atoms with Crippen molar-refractivity contribution in [1.29, 1.82) is 5.26 Å². The summed E-state index contributed by atoms with van der Waals surface area (Å²) in [6.45, 7) is 2.92. The van der Waals surface area contributed by atoms with Crippen molar-refractivity contribution >= 4 is 23.2 Å². The molecule has 2 heterocycles. The second-order valence-corrected chi connectivity index (χ2v) is 5.86. The van der Waals surface area contributed by atoms with Gasteiger partial charge in [-0.05, 0) is 47.9 Å². The van der Waals surface area contributed by atoms with E-state index in [4.69, 9.17) is 5.26 Å². The molecule has 0 spiro atoms. The molecule has 0 aliphatic carbocycles. The number of thiophene rings is 1. The minimum atomic E-state index is -0.198. The lowest BCUT2D eigenvalue weighted by Gasteiger charge is -2.14. The first kappa shape index (κ1) is 16.8. The second-order valence-electron chi connectivity index (χ2n) is 5.08. The minimum absolute atomic E-state index is 0.0681. The molecule has 0 fully saturated rings. The van der Waals surface area contributed by atoms with Gasteiger partial charge in [0.2, 0.25) is 0 Å². The lowest BCUT2D eigenvalue weighted by Crippen LogP contribution is -2.43. The molecule has 0 aliphatic heterocycles. The van der Waals surface area contributed by atoms with E-state index in [1.807, 2.05) is 12.3 Å². The zero-order chi connectivity index (χ0) is 16.5. The Hall–Kier alpha value is -2.59. The molecular formula is C16H19N5OS. The number of amides is 2. The minimum Gasteiger partial charge on any atom is -0.367 e. The number of rotatable bonds is 7. The standard InChI is InChI=1S/C16H19N5OS/c1-12(9-13-4-8-23-11-13)21-16(22)20-7-6-19-15-14(10-17)3-2-5-18-15/h2-5,8,11-12H,6-7,9H2,1H3,(H,18,19)(H2,20,21,22). The summed E-state index contributed by atoms with van der Waals surface area (Å²) in [4.78, 5) is 15.9. The van der Waals surface area contributed by atoms with Crippen LogP contribution in [0.25, 0.3) is 0 Å². The summed E-state index contributed by atoms with van der Waals surface area (Å²) in [6, 6.07) is 7.41. The van der Waals surface area contributed by atoms with Gasteiger partial charge in [0.1, 0.15) is 11.9 Å². The lowest BCUT2D eigenvalue weighted by molar-refractivity contribution is 0.238. The van der Waals surface area contributed by atoms with Gasteiger partial charge in [-0.15, -0.1) is 0 Å². The number of nitriles is 1. The molecule has 1 atom stereocenters. The number of carbonyl (C=O) groups is 1. The van der Waals surface area contributed by atoms with Gasteiger partial charge in [0.15, 0.2) is 0 Å². The van der Waals surface area contributed by atoms with E-state index in [0.29, 0.717) is 24.5 Å². The van der Waals surface area contributed by atoms with Gasteiger partial charge in [-0.1, -0.05) is 0 Å². The van der Waals surface area contributed by atoms with Gasteiger partial charge in [0.05, 0.1) is 5.56 Å². The van der Waals surface area contributed by atoms with E-state index in [1.165, 1.54) is 5.56 Å². The summed E-state index contributed by atoms with van der Waals surface area (Å²) in [5, 5.41) is 21.8. The molecule has 120 valence electrons. The van der Waals surface area contributed by atoms with Gasteiger partial charge in [0.25, 0.3) is 0 Å². The molecule has 0 aromatic carbocycles. The fourth-order valence-corrected chi connectivity index (χ4v) is 2.76. The fraction of sp³-hybridized carbons (Fsp3) is 0.312. The second kappa shape index (κ2) is 8.76. The average Bonchev–Trinajstić information content (AvgIpc) is 3.04. The molecule has 2 rings (SSSR count). The molecule has 0 radical (unpaired) electrons. The van der Waals surface area contributed by atoms with Crippen LogP contribution >= 0.6 is 11.3 Å². The summed E-state index contributed by atoms with van der Waals surface area (Å²) in [5.41, 5.74) is 1.71. The van der Waals surface area contributed by atoms with E-state index in [1.54, 1.807) is 29.7 Å². The number of carbonyl (C=O) groups excluding carboxylic acids is 1. The maximum absolute atomic E-state index is 11.8. The number of pyridine rings is 1. The molecule has 3 N–H and O–H groups in total. The summed E-state index contributed by atoms with van der Waals surface area (Å²) < 4.78 is 0. The Bertz CT molecular complexity index is 665. The van der Waals surface area contributed by atoms with E-state index in [9.17, 15) is 4.79 Å². The zero-order valence-corrected chi connectivity index (χ0v) is 13.7. The summed E-state index contributed by atoms with van der Waals surface area (Å²) in [6.07, 6.45) is 2.43. The highest BCUT2D eigenvalue weighted by Gasteiger charge is 2.08. The maximum Gasteiger partial charge on any atom is 0.315 e. The molecule has 1 unspecified atom stereocenters. The van der Waals surface area contributed by atoms with E-state index in [2.05, 4.69) is 38.4 Å². The van der Waals surface area contributed by atoms with Gasteiger partial charge in [-0.3, -0.25) is 0 Å². The summed E-state index contributed by atoms with van der Waals surface area (Å²) in [7, 11) is 0. The molecule has 0 saturated heterocycles. The van der Waals surface area contributed by atoms with E-state index in [0.717, 1.165) is 6.42 Å². The molecule has 7 heteroatoms. The molecule has 0 aliphatic rings. The van der Waals surface area contributed by atoms with E-state index >= 15 is 0 Å². The third-order valence-electron chi connectivity index (χ3n) is 3.13. The fourth-order valence-electron chi connectivity index (χ4n) is 2.08. The number of nitrogens with zero attached hydrogens (tertiary/aromatic N) is 2. The number of nitrogens with one attached hydrogen (secondary N) is 3. The van der Waals surface area contributed by atoms with E-state index < -0.39 is 0 Å². The molecule has 0 saturated carbocycles. The van der Waals surface area contributed by atoms with Gasteiger partial charge < -0.3 is 16.0 Å². The first-order valence-corrected chi connectivity index (χ1v) is 8.27. The number of anilines is 1.